The van der Waals surface area contributed by atoms with E-state index in [1.807, 2.05) is 0 Å². The molecule has 32 heavy (non-hydrogen) atoms. The Morgan fingerprint density at radius 2 is 0.625 bits per heavy atom. The van der Waals surface area contributed by atoms with Crippen molar-refractivity contribution in [2.45, 2.75) is 135 Å². The Labute approximate surface area is 201 Å². The molecule has 0 radical (unpaired) electrons. The third kappa shape index (κ3) is 29.8. The quantitative estimate of drug-likeness (QED) is 0.116. The van der Waals surface area contributed by atoms with Gasteiger partial charge in [-0.1, -0.05) is 129 Å². The Hall–Kier alpha value is -0.160. The topological polar surface area (TPSA) is 47.9 Å². The van der Waals surface area contributed by atoms with Crippen molar-refractivity contribution < 1.29 is 19.3 Å². The summed E-state index contributed by atoms with van der Waals surface area (Å²) in [6.45, 7) is 6.01. The van der Waals surface area contributed by atoms with Crippen LogP contribution in [0.3, 0.4) is 0 Å². The third-order valence-electron chi connectivity index (χ3n) is 6.12. The SMILES string of the molecule is CCCCCCCCCCCCCCCCCCCCCCOCCOCCOCCO. The van der Waals surface area contributed by atoms with Gasteiger partial charge in [-0.2, -0.15) is 0 Å². The normalized spacial score (nSPS) is 11.4. The Morgan fingerprint density at radius 1 is 0.344 bits per heavy atom. The van der Waals surface area contributed by atoms with Crippen molar-refractivity contribution in [2.24, 2.45) is 0 Å². The zero-order valence-electron chi connectivity index (χ0n) is 21.8. The first-order chi connectivity index (χ1) is 15.9. The Balaban J connectivity index is 2.98. The van der Waals surface area contributed by atoms with E-state index in [0.717, 1.165) is 6.61 Å². The fourth-order valence-corrected chi connectivity index (χ4v) is 4.07. The average molecular weight is 459 g/mol. The molecule has 0 spiro atoms. The average Bonchev–Trinajstić information content (AvgIpc) is 2.81. The van der Waals surface area contributed by atoms with Crippen molar-refractivity contribution in [3.05, 3.63) is 0 Å². The monoisotopic (exact) mass is 458 g/mol. The molecule has 4 heteroatoms. The van der Waals surface area contributed by atoms with E-state index in [0.29, 0.717) is 33.0 Å². The highest BCUT2D eigenvalue weighted by molar-refractivity contribution is 4.51. The van der Waals surface area contributed by atoms with Gasteiger partial charge in [0.2, 0.25) is 0 Å². The zero-order chi connectivity index (χ0) is 23.2. The smallest absolute Gasteiger partial charge is 0.0701 e. The van der Waals surface area contributed by atoms with Crippen LogP contribution in [-0.2, 0) is 14.2 Å². The van der Waals surface area contributed by atoms with Gasteiger partial charge in [0.15, 0.2) is 0 Å². The van der Waals surface area contributed by atoms with E-state index in [-0.39, 0.29) is 6.61 Å². The number of rotatable bonds is 29. The second-order valence-corrected chi connectivity index (χ2v) is 9.28. The predicted octanol–water partition coefficient (Wildman–Crippen LogP) is 7.85. The lowest BCUT2D eigenvalue weighted by Crippen LogP contribution is -2.11. The number of aliphatic hydroxyl groups is 1. The molecule has 0 aliphatic rings. The maximum atomic E-state index is 8.58. The summed E-state index contributed by atoms with van der Waals surface area (Å²) in [6, 6.07) is 0. The van der Waals surface area contributed by atoms with E-state index in [2.05, 4.69) is 6.92 Å². The lowest BCUT2D eigenvalue weighted by molar-refractivity contribution is 0.00719. The summed E-state index contributed by atoms with van der Waals surface area (Å²) in [5.74, 6) is 0. The van der Waals surface area contributed by atoms with Crippen LogP contribution in [0.5, 0.6) is 0 Å². The minimum absolute atomic E-state index is 0.0720. The van der Waals surface area contributed by atoms with E-state index in [1.165, 1.54) is 128 Å². The first-order valence-electron chi connectivity index (χ1n) is 14.3. The highest BCUT2D eigenvalue weighted by Gasteiger charge is 1.96. The molecule has 0 saturated carbocycles. The van der Waals surface area contributed by atoms with E-state index < -0.39 is 0 Å². The van der Waals surface area contributed by atoms with Gasteiger partial charge < -0.3 is 19.3 Å². The minimum atomic E-state index is 0.0720. The molecule has 194 valence electrons. The highest BCUT2D eigenvalue weighted by Crippen LogP contribution is 2.14. The van der Waals surface area contributed by atoms with E-state index in [9.17, 15) is 0 Å². The van der Waals surface area contributed by atoms with E-state index >= 15 is 0 Å². The molecule has 1 N–H and O–H groups in total. The molecule has 0 bridgehead atoms. The van der Waals surface area contributed by atoms with Crippen LogP contribution in [0.1, 0.15) is 135 Å². The maximum Gasteiger partial charge on any atom is 0.0701 e. The van der Waals surface area contributed by atoms with Crippen molar-refractivity contribution in [3.63, 3.8) is 0 Å². The standard InChI is InChI=1S/C28H58O4/c1-2-3-4-5-6-7-8-9-10-11-12-13-14-15-16-17-18-19-20-21-23-30-25-27-32-28-26-31-24-22-29/h29H,2-28H2,1H3. The Morgan fingerprint density at radius 3 is 0.969 bits per heavy atom. The largest absolute Gasteiger partial charge is 0.394 e. The second-order valence-electron chi connectivity index (χ2n) is 9.28. The van der Waals surface area contributed by atoms with Crippen LogP contribution in [0.4, 0.5) is 0 Å². The Bertz CT molecular complexity index is 282. The molecule has 0 aliphatic carbocycles. The molecule has 0 saturated heterocycles. The molecular formula is C28H58O4. The molecule has 0 unspecified atom stereocenters. The van der Waals surface area contributed by atoms with Gasteiger partial charge in [-0.3, -0.25) is 0 Å². The predicted molar refractivity (Wildman–Crippen MR) is 138 cm³/mol. The van der Waals surface area contributed by atoms with Crippen LogP contribution in [0, 0.1) is 0 Å². The van der Waals surface area contributed by atoms with Crippen LogP contribution in [-0.4, -0.2) is 51.4 Å². The molecule has 0 aromatic carbocycles. The lowest BCUT2D eigenvalue weighted by atomic mass is 10.0. The van der Waals surface area contributed by atoms with Crippen LogP contribution >= 0.6 is 0 Å². The molecule has 0 aliphatic heterocycles. The number of unbranched alkanes of at least 4 members (excludes halogenated alkanes) is 19. The van der Waals surface area contributed by atoms with Crippen molar-refractivity contribution in [1.82, 2.24) is 0 Å². The number of ether oxygens (including phenoxy) is 3. The summed E-state index contributed by atoms with van der Waals surface area (Å²) < 4.78 is 16.1. The van der Waals surface area contributed by atoms with Crippen molar-refractivity contribution >= 4 is 0 Å². The molecule has 0 heterocycles. The molecular weight excluding hydrogens is 400 g/mol. The number of hydrogen-bond donors (Lipinski definition) is 1. The first-order valence-corrected chi connectivity index (χ1v) is 14.3. The van der Waals surface area contributed by atoms with Gasteiger partial charge in [0.25, 0.3) is 0 Å². The van der Waals surface area contributed by atoms with Gasteiger partial charge in [0, 0.05) is 6.61 Å². The molecule has 0 rings (SSSR count). The summed E-state index contributed by atoms with van der Waals surface area (Å²) >= 11 is 0. The lowest BCUT2D eigenvalue weighted by Gasteiger charge is -2.06. The summed E-state index contributed by atoms with van der Waals surface area (Å²) in [6.07, 6.45) is 28.3. The maximum absolute atomic E-state index is 8.58. The van der Waals surface area contributed by atoms with Crippen molar-refractivity contribution in [3.8, 4) is 0 Å². The molecule has 0 atom stereocenters. The first kappa shape index (κ1) is 31.8. The van der Waals surface area contributed by atoms with Gasteiger partial charge in [-0.05, 0) is 6.42 Å². The molecule has 0 aromatic rings. The second kappa shape index (κ2) is 30.8. The summed E-state index contributed by atoms with van der Waals surface area (Å²) in [7, 11) is 0. The summed E-state index contributed by atoms with van der Waals surface area (Å²) in [5, 5.41) is 8.58. The van der Waals surface area contributed by atoms with Crippen LogP contribution in [0.2, 0.25) is 0 Å². The molecule has 0 fully saturated rings. The van der Waals surface area contributed by atoms with E-state index in [4.69, 9.17) is 19.3 Å². The molecule has 4 nitrogen and oxygen atoms in total. The van der Waals surface area contributed by atoms with Gasteiger partial charge >= 0.3 is 0 Å². The van der Waals surface area contributed by atoms with Crippen LogP contribution in [0.25, 0.3) is 0 Å². The minimum Gasteiger partial charge on any atom is -0.394 e. The fourth-order valence-electron chi connectivity index (χ4n) is 4.07. The van der Waals surface area contributed by atoms with Gasteiger partial charge in [-0.15, -0.1) is 0 Å². The fraction of sp³-hybridized carbons (Fsp3) is 1.00. The van der Waals surface area contributed by atoms with E-state index in [1.54, 1.807) is 0 Å². The van der Waals surface area contributed by atoms with Gasteiger partial charge in [0.1, 0.15) is 0 Å². The van der Waals surface area contributed by atoms with Gasteiger partial charge in [-0.25, -0.2) is 0 Å². The summed E-state index contributed by atoms with van der Waals surface area (Å²) in [4.78, 5) is 0. The van der Waals surface area contributed by atoms with Gasteiger partial charge in [0.05, 0.1) is 39.6 Å². The van der Waals surface area contributed by atoms with Crippen molar-refractivity contribution in [1.29, 1.82) is 0 Å². The Kier molecular flexibility index (Phi) is 30.7. The molecule has 0 aromatic heterocycles. The van der Waals surface area contributed by atoms with Crippen molar-refractivity contribution in [2.75, 3.05) is 46.2 Å². The zero-order valence-corrected chi connectivity index (χ0v) is 21.8. The number of hydrogen-bond acceptors (Lipinski definition) is 4. The molecule has 0 amide bonds. The highest BCUT2D eigenvalue weighted by atomic mass is 16.5. The van der Waals surface area contributed by atoms with Crippen LogP contribution < -0.4 is 0 Å². The third-order valence-corrected chi connectivity index (χ3v) is 6.12. The summed E-state index contributed by atoms with van der Waals surface area (Å²) in [5.41, 5.74) is 0. The number of aliphatic hydroxyl groups excluding tert-OH is 1. The van der Waals surface area contributed by atoms with Crippen LogP contribution in [0.15, 0.2) is 0 Å².